The zero-order valence-corrected chi connectivity index (χ0v) is 11.2. The molecule has 0 aliphatic carbocycles. The second-order valence-corrected chi connectivity index (χ2v) is 4.99. The third-order valence-electron chi connectivity index (χ3n) is 3.49. The highest BCUT2D eigenvalue weighted by Crippen LogP contribution is 2.25. The number of hydrogen-bond donors (Lipinski definition) is 2. The van der Waals surface area contributed by atoms with E-state index < -0.39 is 17.5 Å². The molecule has 2 N–H and O–H groups in total. The number of halogens is 2. The Morgan fingerprint density at radius 2 is 1.95 bits per heavy atom. The fourth-order valence-electron chi connectivity index (χ4n) is 2.38. The number of anilines is 2. The van der Waals surface area contributed by atoms with Gasteiger partial charge in [-0.2, -0.15) is 0 Å². The topological polar surface area (TPSA) is 41.1 Å². The summed E-state index contributed by atoms with van der Waals surface area (Å²) in [5.41, 5.74) is 2.92. The smallest absolute Gasteiger partial charge is 0.255 e. The van der Waals surface area contributed by atoms with Gasteiger partial charge in [0.1, 0.15) is 0 Å². The van der Waals surface area contributed by atoms with Crippen LogP contribution in [0.25, 0.3) is 0 Å². The quantitative estimate of drug-likeness (QED) is 0.887. The van der Waals surface area contributed by atoms with Crippen LogP contribution in [0.15, 0.2) is 36.4 Å². The molecule has 3 rings (SSSR count). The van der Waals surface area contributed by atoms with Crippen LogP contribution in [-0.4, -0.2) is 12.5 Å². The zero-order valence-electron chi connectivity index (χ0n) is 11.2. The van der Waals surface area contributed by atoms with Crippen molar-refractivity contribution in [2.75, 3.05) is 17.2 Å². The van der Waals surface area contributed by atoms with Gasteiger partial charge in [-0.25, -0.2) is 8.78 Å². The Hall–Kier alpha value is -2.43. The molecule has 1 amide bonds. The summed E-state index contributed by atoms with van der Waals surface area (Å²) in [7, 11) is 0. The van der Waals surface area contributed by atoms with Crippen molar-refractivity contribution in [3.63, 3.8) is 0 Å². The van der Waals surface area contributed by atoms with Crippen molar-refractivity contribution in [3.8, 4) is 0 Å². The SMILES string of the molecule is O=C(Nc1ccc2c(c1)NCCC2)c1ccc(F)c(F)c1. The molecule has 5 heteroatoms. The lowest BCUT2D eigenvalue weighted by Gasteiger charge is -2.18. The number of rotatable bonds is 2. The van der Waals surface area contributed by atoms with Gasteiger partial charge in [0.15, 0.2) is 11.6 Å². The van der Waals surface area contributed by atoms with Crippen LogP contribution in [0.3, 0.4) is 0 Å². The molecule has 108 valence electrons. The predicted octanol–water partition coefficient (Wildman–Crippen LogP) is 3.58. The highest BCUT2D eigenvalue weighted by atomic mass is 19.2. The summed E-state index contributed by atoms with van der Waals surface area (Å²) < 4.78 is 26.0. The summed E-state index contributed by atoms with van der Waals surface area (Å²) in [6.07, 6.45) is 2.10. The number of aryl methyl sites for hydroxylation is 1. The van der Waals surface area contributed by atoms with Gasteiger partial charge in [0.25, 0.3) is 5.91 Å². The van der Waals surface area contributed by atoms with E-state index in [4.69, 9.17) is 0 Å². The lowest BCUT2D eigenvalue weighted by Crippen LogP contribution is -2.15. The summed E-state index contributed by atoms with van der Waals surface area (Å²) >= 11 is 0. The molecule has 0 fully saturated rings. The van der Waals surface area contributed by atoms with Gasteiger partial charge in [0.2, 0.25) is 0 Å². The van der Waals surface area contributed by atoms with E-state index >= 15 is 0 Å². The third-order valence-corrected chi connectivity index (χ3v) is 3.49. The Morgan fingerprint density at radius 1 is 1.10 bits per heavy atom. The third kappa shape index (κ3) is 2.86. The largest absolute Gasteiger partial charge is 0.385 e. The van der Waals surface area contributed by atoms with Crippen LogP contribution in [0, 0.1) is 11.6 Å². The molecule has 0 spiro atoms. The molecule has 0 bridgehead atoms. The van der Waals surface area contributed by atoms with Crippen molar-refractivity contribution in [2.24, 2.45) is 0 Å². The Kier molecular flexibility index (Phi) is 3.56. The van der Waals surface area contributed by atoms with Gasteiger partial charge in [0.05, 0.1) is 0 Å². The first-order valence-electron chi connectivity index (χ1n) is 6.77. The average molecular weight is 288 g/mol. The minimum absolute atomic E-state index is 0.0829. The number of hydrogen-bond acceptors (Lipinski definition) is 2. The van der Waals surface area contributed by atoms with E-state index in [0.717, 1.165) is 37.2 Å². The zero-order chi connectivity index (χ0) is 14.8. The number of amides is 1. The van der Waals surface area contributed by atoms with Gasteiger partial charge >= 0.3 is 0 Å². The molecule has 0 unspecified atom stereocenters. The molecule has 0 radical (unpaired) electrons. The Balaban J connectivity index is 1.79. The van der Waals surface area contributed by atoms with E-state index in [0.29, 0.717) is 5.69 Å². The molecule has 2 aromatic carbocycles. The summed E-state index contributed by atoms with van der Waals surface area (Å²) in [6, 6.07) is 8.71. The molecule has 0 saturated heterocycles. The van der Waals surface area contributed by atoms with Gasteiger partial charge < -0.3 is 10.6 Å². The van der Waals surface area contributed by atoms with Gasteiger partial charge in [-0.3, -0.25) is 4.79 Å². The monoisotopic (exact) mass is 288 g/mol. The summed E-state index contributed by atoms with van der Waals surface area (Å²) in [4.78, 5) is 12.0. The van der Waals surface area contributed by atoms with Gasteiger partial charge in [-0.1, -0.05) is 6.07 Å². The average Bonchev–Trinajstić information content (AvgIpc) is 2.50. The van der Waals surface area contributed by atoms with E-state index in [-0.39, 0.29) is 5.56 Å². The number of nitrogens with one attached hydrogen (secondary N) is 2. The highest BCUT2D eigenvalue weighted by Gasteiger charge is 2.12. The van der Waals surface area contributed by atoms with Gasteiger partial charge in [-0.05, 0) is 48.7 Å². The second-order valence-electron chi connectivity index (χ2n) is 4.99. The first-order chi connectivity index (χ1) is 10.1. The van der Waals surface area contributed by atoms with Crippen molar-refractivity contribution in [3.05, 3.63) is 59.2 Å². The van der Waals surface area contributed by atoms with E-state index in [2.05, 4.69) is 10.6 Å². The molecule has 1 aliphatic rings. The fourth-order valence-corrected chi connectivity index (χ4v) is 2.38. The first kappa shape index (κ1) is 13.5. The molecule has 1 heterocycles. The summed E-state index contributed by atoms with van der Waals surface area (Å²) in [5.74, 6) is -2.47. The van der Waals surface area contributed by atoms with Crippen LogP contribution >= 0.6 is 0 Å². The molecule has 3 nitrogen and oxygen atoms in total. The van der Waals surface area contributed by atoms with Gasteiger partial charge in [0, 0.05) is 23.5 Å². The molecule has 0 atom stereocenters. The number of carbonyl (C=O) groups excluding carboxylic acids is 1. The van der Waals surface area contributed by atoms with Crippen LogP contribution in [0.5, 0.6) is 0 Å². The number of benzene rings is 2. The van der Waals surface area contributed by atoms with Gasteiger partial charge in [-0.15, -0.1) is 0 Å². The standard InChI is InChI=1S/C16H14F2N2O/c17-13-6-4-11(8-14(13)18)16(21)20-12-5-3-10-2-1-7-19-15(10)9-12/h3-6,8-9,19H,1-2,7H2,(H,20,21). The molecular formula is C16H14F2N2O. The summed E-state index contributed by atoms with van der Waals surface area (Å²) in [6.45, 7) is 0.910. The van der Waals surface area contributed by atoms with Crippen molar-refractivity contribution < 1.29 is 13.6 Å². The summed E-state index contributed by atoms with van der Waals surface area (Å²) in [5, 5.41) is 5.96. The highest BCUT2D eigenvalue weighted by molar-refractivity contribution is 6.04. The Labute approximate surface area is 121 Å². The number of carbonyl (C=O) groups is 1. The molecular weight excluding hydrogens is 274 g/mol. The van der Waals surface area contributed by atoms with Crippen LogP contribution in [-0.2, 0) is 6.42 Å². The maximum atomic E-state index is 13.1. The Bertz CT molecular complexity index is 701. The van der Waals surface area contributed by atoms with Crippen LogP contribution in [0.4, 0.5) is 20.2 Å². The Morgan fingerprint density at radius 3 is 2.76 bits per heavy atom. The maximum absolute atomic E-state index is 13.1. The molecule has 21 heavy (non-hydrogen) atoms. The molecule has 1 aliphatic heterocycles. The molecule has 0 saturated carbocycles. The van der Waals surface area contributed by atoms with Crippen LogP contribution in [0.2, 0.25) is 0 Å². The van der Waals surface area contributed by atoms with E-state index in [1.807, 2.05) is 18.2 Å². The minimum Gasteiger partial charge on any atom is -0.385 e. The van der Waals surface area contributed by atoms with E-state index in [9.17, 15) is 13.6 Å². The molecule has 2 aromatic rings. The molecule has 0 aromatic heterocycles. The van der Waals surface area contributed by atoms with Crippen molar-refractivity contribution >= 4 is 17.3 Å². The number of fused-ring (bicyclic) bond motifs is 1. The van der Waals surface area contributed by atoms with E-state index in [1.54, 1.807) is 0 Å². The lowest BCUT2D eigenvalue weighted by molar-refractivity contribution is 0.102. The fraction of sp³-hybridized carbons (Fsp3) is 0.188. The normalized spacial score (nSPS) is 13.2. The van der Waals surface area contributed by atoms with E-state index in [1.165, 1.54) is 11.6 Å². The first-order valence-corrected chi connectivity index (χ1v) is 6.77. The van der Waals surface area contributed by atoms with Crippen molar-refractivity contribution in [2.45, 2.75) is 12.8 Å². The van der Waals surface area contributed by atoms with Crippen molar-refractivity contribution in [1.82, 2.24) is 0 Å². The van der Waals surface area contributed by atoms with Crippen LogP contribution in [0.1, 0.15) is 22.3 Å². The van der Waals surface area contributed by atoms with Crippen molar-refractivity contribution in [1.29, 1.82) is 0 Å². The van der Waals surface area contributed by atoms with Crippen LogP contribution < -0.4 is 10.6 Å². The lowest BCUT2D eigenvalue weighted by atomic mass is 10.0. The second kappa shape index (κ2) is 5.52. The maximum Gasteiger partial charge on any atom is 0.255 e. The minimum atomic E-state index is -1.03. The predicted molar refractivity (Wildman–Crippen MR) is 77.6 cm³/mol.